The SMILES string of the molecule is COc1ccc2c3c(n(C)c2c1)[C@@H](CO)N(Cc1cccnc1)CC31CCN(C(=O)NC(C)C)CC1. The molecule has 2 aliphatic heterocycles. The van der Waals surface area contributed by atoms with Crippen molar-refractivity contribution >= 4 is 16.9 Å². The highest BCUT2D eigenvalue weighted by Crippen LogP contribution is 2.50. The average Bonchev–Trinajstić information content (AvgIpc) is 3.17. The number of carbonyl (C=O) groups excluding carboxylic acids is 1. The number of carbonyl (C=O) groups is 1. The number of hydrogen-bond acceptors (Lipinski definition) is 5. The lowest BCUT2D eigenvalue weighted by Gasteiger charge is -2.50. The maximum Gasteiger partial charge on any atom is 0.317 e. The minimum Gasteiger partial charge on any atom is -0.497 e. The van der Waals surface area contributed by atoms with Gasteiger partial charge in [0.2, 0.25) is 0 Å². The number of benzene rings is 1. The van der Waals surface area contributed by atoms with E-state index in [2.05, 4.69) is 45.0 Å². The zero-order valence-corrected chi connectivity index (χ0v) is 21.7. The summed E-state index contributed by atoms with van der Waals surface area (Å²) < 4.78 is 7.78. The first kappa shape index (κ1) is 24.6. The summed E-state index contributed by atoms with van der Waals surface area (Å²) in [5.41, 5.74) is 4.61. The molecule has 0 unspecified atom stereocenters. The predicted molar refractivity (Wildman–Crippen MR) is 140 cm³/mol. The zero-order chi connectivity index (χ0) is 25.4. The molecule has 2 aromatic heterocycles. The summed E-state index contributed by atoms with van der Waals surface area (Å²) in [4.78, 5) is 21.4. The van der Waals surface area contributed by atoms with E-state index in [-0.39, 0.29) is 30.1 Å². The van der Waals surface area contributed by atoms with Crippen LogP contribution in [0.3, 0.4) is 0 Å². The standard InChI is InChI=1S/C28H37N5O3/c1-19(2)30-27(35)32-12-9-28(10-13-32)18-33(16-20-6-5-11-29-15-20)24(17-34)26-25(28)22-8-7-21(36-4)14-23(22)31(26)3/h5-8,11,14-15,19,24,34H,9-10,12-13,16-18H2,1-4H3,(H,30,35)/t24-/m1/s1. The van der Waals surface area contributed by atoms with E-state index in [1.807, 2.05) is 37.1 Å². The second-order valence-electron chi connectivity index (χ2n) is 10.5. The number of aliphatic hydroxyl groups excluding tert-OH is 1. The van der Waals surface area contributed by atoms with Crippen molar-refractivity contribution in [2.45, 2.75) is 50.7 Å². The van der Waals surface area contributed by atoms with Crippen LogP contribution in [0.15, 0.2) is 42.7 Å². The highest BCUT2D eigenvalue weighted by molar-refractivity contribution is 5.88. The Morgan fingerprint density at radius 1 is 1.28 bits per heavy atom. The molecule has 36 heavy (non-hydrogen) atoms. The zero-order valence-electron chi connectivity index (χ0n) is 21.7. The fourth-order valence-corrected chi connectivity index (χ4v) is 6.24. The van der Waals surface area contributed by atoms with Crippen LogP contribution in [0.2, 0.25) is 0 Å². The highest BCUT2D eigenvalue weighted by atomic mass is 16.5. The van der Waals surface area contributed by atoms with Crippen molar-refractivity contribution < 1.29 is 14.6 Å². The summed E-state index contributed by atoms with van der Waals surface area (Å²) in [6.07, 6.45) is 5.44. The van der Waals surface area contributed by atoms with Gasteiger partial charge in [-0.15, -0.1) is 0 Å². The van der Waals surface area contributed by atoms with Crippen LogP contribution >= 0.6 is 0 Å². The van der Waals surface area contributed by atoms with Crippen molar-refractivity contribution in [3.63, 3.8) is 0 Å². The number of pyridine rings is 1. The maximum absolute atomic E-state index is 12.8. The van der Waals surface area contributed by atoms with Crippen molar-refractivity contribution in [2.24, 2.45) is 7.05 Å². The van der Waals surface area contributed by atoms with Gasteiger partial charge in [-0.25, -0.2) is 4.79 Å². The van der Waals surface area contributed by atoms with Crippen LogP contribution in [0.1, 0.15) is 49.6 Å². The smallest absolute Gasteiger partial charge is 0.317 e. The molecule has 192 valence electrons. The third-order valence-corrected chi connectivity index (χ3v) is 7.95. The summed E-state index contributed by atoms with van der Waals surface area (Å²) in [6.45, 7) is 6.96. The van der Waals surface area contributed by atoms with Crippen LogP contribution in [0.4, 0.5) is 4.79 Å². The molecule has 1 saturated heterocycles. The van der Waals surface area contributed by atoms with Crippen molar-refractivity contribution in [3.05, 3.63) is 59.5 Å². The second-order valence-corrected chi connectivity index (χ2v) is 10.5. The highest BCUT2D eigenvalue weighted by Gasteiger charge is 2.48. The van der Waals surface area contributed by atoms with Gasteiger partial charge in [-0.2, -0.15) is 0 Å². The first-order chi connectivity index (χ1) is 17.4. The Kier molecular flexibility index (Phi) is 6.66. The molecule has 1 aromatic carbocycles. The van der Waals surface area contributed by atoms with E-state index in [4.69, 9.17) is 4.74 Å². The van der Waals surface area contributed by atoms with E-state index < -0.39 is 0 Å². The molecule has 2 amide bonds. The molecule has 2 N–H and O–H groups in total. The van der Waals surface area contributed by atoms with E-state index in [1.165, 1.54) is 10.9 Å². The molecule has 0 bridgehead atoms. The monoisotopic (exact) mass is 491 g/mol. The van der Waals surface area contributed by atoms with Crippen molar-refractivity contribution in [2.75, 3.05) is 33.4 Å². The van der Waals surface area contributed by atoms with Gasteiger partial charge in [0.25, 0.3) is 0 Å². The number of fused-ring (bicyclic) bond motifs is 4. The molecule has 8 heteroatoms. The number of methoxy groups -OCH3 is 1. The van der Waals surface area contributed by atoms with Crippen molar-refractivity contribution in [1.29, 1.82) is 0 Å². The number of nitrogens with zero attached hydrogens (tertiary/aromatic N) is 4. The summed E-state index contributed by atoms with van der Waals surface area (Å²) in [5, 5.41) is 14.9. The number of likely N-dealkylation sites (tertiary alicyclic amines) is 1. The summed E-state index contributed by atoms with van der Waals surface area (Å²) in [5.74, 6) is 0.822. The lowest BCUT2D eigenvalue weighted by Crippen LogP contribution is -2.56. The van der Waals surface area contributed by atoms with E-state index in [0.29, 0.717) is 19.6 Å². The maximum atomic E-state index is 12.8. The molecular weight excluding hydrogens is 454 g/mol. The van der Waals surface area contributed by atoms with E-state index in [0.717, 1.165) is 41.9 Å². The molecule has 1 spiro atoms. The molecule has 0 aliphatic carbocycles. The van der Waals surface area contributed by atoms with Gasteiger partial charge < -0.3 is 24.6 Å². The van der Waals surface area contributed by atoms with Crippen molar-refractivity contribution in [3.8, 4) is 5.75 Å². The minimum absolute atomic E-state index is 0.0130. The van der Waals surface area contributed by atoms with E-state index in [9.17, 15) is 9.90 Å². The molecule has 4 heterocycles. The first-order valence-corrected chi connectivity index (χ1v) is 12.8. The van der Waals surface area contributed by atoms with Crippen LogP contribution in [0.5, 0.6) is 5.75 Å². The Morgan fingerprint density at radius 2 is 2.06 bits per heavy atom. The number of aliphatic hydroxyl groups is 1. The quantitative estimate of drug-likeness (QED) is 0.570. The second kappa shape index (κ2) is 9.75. The summed E-state index contributed by atoms with van der Waals surface area (Å²) in [6, 6.07) is 10.3. The Morgan fingerprint density at radius 3 is 2.69 bits per heavy atom. The molecular formula is C28H37N5O3. The number of urea groups is 1. The van der Waals surface area contributed by atoms with Gasteiger partial charge in [-0.3, -0.25) is 9.88 Å². The Labute approximate surface area is 212 Å². The fraction of sp³-hybridized carbons (Fsp3) is 0.500. The number of nitrogens with one attached hydrogen (secondary N) is 1. The van der Waals surface area contributed by atoms with Gasteiger partial charge in [-0.1, -0.05) is 6.07 Å². The fourth-order valence-electron chi connectivity index (χ4n) is 6.24. The van der Waals surface area contributed by atoms with Crippen LogP contribution < -0.4 is 10.1 Å². The summed E-state index contributed by atoms with van der Waals surface area (Å²) >= 11 is 0. The Bertz CT molecular complexity index is 1230. The van der Waals surface area contributed by atoms with Crippen molar-refractivity contribution in [1.82, 2.24) is 24.7 Å². The topological polar surface area (TPSA) is 82.9 Å². The Hall–Kier alpha value is -3.10. The molecule has 3 aromatic rings. The average molecular weight is 492 g/mol. The number of amides is 2. The van der Waals surface area contributed by atoms with Gasteiger partial charge >= 0.3 is 6.03 Å². The number of hydrogen-bond donors (Lipinski definition) is 2. The molecule has 1 fully saturated rings. The van der Waals surface area contributed by atoms with Crippen LogP contribution in [-0.2, 0) is 19.0 Å². The number of rotatable bonds is 5. The van der Waals surface area contributed by atoms with Gasteiger partial charge in [0.1, 0.15) is 5.75 Å². The number of aryl methyl sites for hydroxylation is 1. The normalized spacial score (nSPS) is 19.6. The molecule has 8 nitrogen and oxygen atoms in total. The third kappa shape index (κ3) is 4.22. The molecule has 0 saturated carbocycles. The van der Waals surface area contributed by atoms with Gasteiger partial charge in [0.15, 0.2) is 0 Å². The third-order valence-electron chi connectivity index (χ3n) is 7.95. The molecule has 5 rings (SSSR count). The number of ether oxygens (including phenoxy) is 1. The number of aromatic nitrogens is 2. The molecule has 1 atom stereocenters. The molecule has 0 radical (unpaired) electrons. The van der Waals surface area contributed by atoms with Crippen LogP contribution in [-0.4, -0.2) is 69.9 Å². The number of piperidine rings is 1. The van der Waals surface area contributed by atoms with Gasteiger partial charge in [-0.05, 0) is 56.0 Å². The molecule has 2 aliphatic rings. The lowest BCUT2D eigenvalue weighted by atomic mass is 9.68. The van der Waals surface area contributed by atoms with Crippen LogP contribution in [0.25, 0.3) is 10.9 Å². The predicted octanol–water partition coefficient (Wildman–Crippen LogP) is 3.58. The van der Waals surface area contributed by atoms with E-state index in [1.54, 1.807) is 13.3 Å². The van der Waals surface area contributed by atoms with E-state index >= 15 is 0 Å². The van der Waals surface area contributed by atoms with Crippen LogP contribution in [0, 0.1) is 0 Å². The Balaban J connectivity index is 1.59. The lowest BCUT2D eigenvalue weighted by molar-refractivity contribution is 0.0465. The van der Waals surface area contributed by atoms with Gasteiger partial charge in [0.05, 0.1) is 25.3 Å². The largest absolute Gasteiger partial charge is 0.497 e. The summed E-state index contributed by atoms with van der Waals surface area (Å²) in [7, 11) is 3.78. The minimum atomic E-state index is -0.128. The first-order valence-electron chi connectivity index (χ1n) is 12.8. The van der Waals surface area contributed by atoms with Gasteiger partial charge in [0, 0.05) is 74.2 Å².